The van der Waals surface area contributed by atoms with Crippen LogP contribution in [0.25, 0.3) is 6.08 Å². The van der Waals surface area contributed by atoms with Gasteiger partial charge in [0.05, 0.1) is 6.61 Å². The van der Waals surface area contributed by atoms with Crippen LogP contribution in [0.2, 0.25) is 0 Å². The zero-order chi connectivity index (χ0) is 21.9. The van der Waals surface area contributed by atoms with E-state index in [1.807, 2.05) is 67.6 Å². The third kappa shape index (κ3) is 6.48. The fraction of sp³-hybridized carbons (Fsp3) is 0.154. The van der Waals surface area contributed by atoms with Crippen LogP contribution in [0.1, 0.15) is 24.5 Å². The van der Waals surface area contributed by atoms with E-state index in [0.29, 0.717) is 36.0 Å². The van der Waals surface area contributed by atoms with Crippen molar-refractivity contribution >= 4 is 17.7 Å². The number of nitriles is 1. The molecule has 31 heavy (non-hydrogen) atoms. The number of nitrogens with one attached hydrogen (secondary N) is 1. The van der Waals surface area contributed by atoms with Gasteiger partial charge in [0.1, 0.15) is 29.7 Å². The first-order valence-corrected chi connectivity index (χ1v) is 10.1. The van der Waals surface area contributed by atoms with Crippen LogP contribution >= 0.6 is 0 Å². The molecule has 0 aliphatic rings. The van der Waals surface area contributed by atoms with E-state index < -0.39 is 5.91 Å². The first-order chi connectivity index (χ1) is 15.2. The van der Waals surface area contributed by atoms with Crippen molar-refractivity contribution in [3.63, 3.8) is 0 Å². The van der Waals surface area contributed by atoms with Gasteiger partial charge in [-0.3, -0.25) is 4.79 Å². The predicted octanol–water partition coefficient (Wildman–Crippen LogP) is 5.60. The maximum absolute atomic E-state index is 12.6. The Labute approximate surface area is 182 Å². The lowest BCUT2D eigenvalue weighted by Crippen LogP contribution is -2.13. The number of ether oxygens (including phenoxy) is 2. The highest BCUT2D eigenvalue weighted by atomic mass is 16.5. The second kappa shape index (κ2) is 11.2. The fourth-order valence-corrected chi connectivity index (χ4v) is 2.82. The van der Waals surface area contributed by atoms with Gasteiger partial charge in [-0.25, -0.2) is 0 Å². The van der Waals surface area contributed by atoms with Crippen LogP contribution in [0, 0.1) is 11.3 Å². The Kier molecular flexibility index (Phi) is 7.84. The number of para-hydroxylation sites is 1. The van der Waals surface area contributed by atoms with E-state index in [-0.39, 0.29) is 5.57 Å². The van der Waals surface area contributed by atoms with E-state index in [0.717, 1.165) is 12.0 Å². The van der Waals surface area contributed by atoms with Gasteiger partial charge in [0.15, 0.2) is 0 Å². The van der Waals surface area contributed by atoms with Gasteiger partial charge in [-0.1, -0.05) is 55.5 Å². The molecule has 1 amide bonds. The Bertz CT molecular complexity index is 1070. The first-order valence-electron chi connectivity index (χ1n) is 10.1. The van der Waals surface area contributed by atoms with E-state index in [1.165, 1.54) is 6.08 Å². The number of hydrogen-bond donors (Lipinski definition) is 1. The minimum Gasteiger partial charge on any atom is -0.493 e. The summed E-state index contributed by atoms with van der Waals surface area (Å²) in [4.78, 5) is 12.6. The van der Waals surface area contributed by atoms with Gasteiger partial charge >= 0.3 is 0 Å². The molecule has 3 aromatic rings. The Morgan fingerprint density at radius 2 is 1.68 bits per heavy atom. The van der Waals surface area contributed by atoms with E-state index in [2.05, 4.69) is 5.32 Å². The molecule has 0 aromatic heterocycles. The van der Waals surface area contributed by atoms with Gasteiger partial charge < -0.3 is 14.8 Å². The molecule has 0 unspecified atom stereocenters. The first kappa shape index (κ1) is 21.7. The molecule has 0 radical (unpaired) electrons. The minimum absolute atomic E-state index is 0.00282. The molecule has 156 valence electrons. The number of rotatable bonds is 9. The molecule has 5 nitrogen and oxygen atoms in total. The van der Waals surface area contributed by atoms with Crippen molar-refractivity contribution in [2.24, 2.45) is 0 Å². The molecular weight excluding hydrogens is 388 g/mol. The van der Waals surface area contributed by atoms with Gasteiger partial charge in [0.25, 0.3) is 5.91 Å². The van der Waals surface area contributed by atoms with Crippen molar-refractivity contribution in [1.82, 2.24) is 0 Å². The molecule has 0 aliphatic heterocycles. The highest BCUT2D eigenvalue weighted by Crippen LogP contribution is 2.22. The van der Waals surface area contributed by atoms with Crippen molar-refractivity contribution in [3.05, 3.63) is 95.6 Å². The molecule has 0 fully saturated rings. The number of nitrogens with zero attached hydrogens (tertiary/aromatic N) is 1. The molecule has 0 saturated carbocycles. The Hall–Kier alpha value is -4.04. The second-order valence-electron chi connectivity index (χ2n) is 6.81. The van der Waals surface area contributed by atoms with Gasteiger partial charge in [-0.15, -0.1) is 0 Å². The Balaban J connectivity index is 1.64. The monoisotopic (exact) mass is 412 g/mol. The summed E-state index contributed by atoms with van der Waals surface area (Å²) in [5.41, 5.74) is 2.34. The van der Waals surface area contributed by atoms with Crippen LogP contribution in [-0.4, -0.2) is 12.5 Å². The highest BCUT2D eigenvalue weighted by molar-refractivity contribution is 6.09. The van der Waals surface area contributed by atoms with Gasteiger partial charge in [0.2, 0.25) is 0 Å². The van der Waals surface area contributed by atoms with E-state index >= 15 is 0 Å². The number of anilines is 1. The third-order valence-corrected chi connectivity index (χ3v) is 4.41. The molecular formula is C26H24N2O3. The van der Waals surface area contributed by atoms with Crippen molar-refractivity contribution in [3.8, 4) is 17.6 Å². The summed E-state index contributed by atoms with van der Waals surface area (Å²) in [6, 6.07) is 26.2. The smallest absolute Gasteiger partial charge is 0.266 e. The van der Waals surface area contributed by atoms with Crippen LogP contribution in [0.5, 0.6) is 11.5 Å². The van der Waals surface area contributed by atoms with Crippen LogP contribution in [0.3, 0.4) is 0 Å². The molecule has 5 heteroatoms. The second-order valence-corrected chi connectivity index (χ2v) is 6.81. The zero-order valence-electron chi connectivity index (χ0n) is 17.4. The maximum Gasteiger partial charge on any atom is 0.266 e. The molecule has 1 N–H and O–H groups in total. The normalized spacial score (nSPS) is 10.8. The van der Waals surface area contributed by atoms with Gasteiger partial charge in [-0.05, 0) is 48.4 Å². The molecule has 0 saturated heterocycles. The van der Waals surface area contributed by atoms with E-state index in [4.69, 9.17) is 9.47 Å². The average molecular weight is 412 g/mol. The van der Waals surface area contributed by atoms with E-state index in [9.17, 15) is 10.1 Å². The highest BCUT2D eigenvalue weighted by Gasteiger charge is 2.11. The lowest BCUT2D eigenvalue weighted by Gasteiger charge is -2.09. The Morgan fingerprint density at radius 3 is 2.39 bits per heavy atom. The van der Waals surface area contributed by atoms with Gasteiger partial charge in [0, 0.05) is 11.3 Å². The molecule has 0 bridgehead atoms. The summed E-state index contributed by atoms with van der Waals surface area (Å²) in [5, 5.41) is 12.2. The fourth-order valence-electron chi connectivity index (χ4n) is 2.82. The molecule has 3 aromatic carbocycles. The molecule has 0 spiro atoms. The molecule has 3 rings (SSSR count). The van der Waals surface area contributed by atoms with Crippen LogP contribution in [0.4, 0.5) is 5.69 Å². The number of carbonyl (C=O) groups excluding carboxylic acids is 1. The number of amides is 1. The van der Waals surface area contributed by atoms with Crippen molar-refractivity contribution in [1.29, 1.82) is 5.26 Å². The number of hydrogen-bond acceptors (Lipinski definition) is 4. The lowest BCUT2D eigenvalue weighted by molar-refractivity contribution is -0.112. The summed E-state index contributed by atoms with van der Waals surface area (Å²) in [5.74, 6) is 0.857. The van der Waals surface area contributed by atoms with Crippen molar-refractivity contribution < 1.29 is 14.3 Å². The van der Waals surface area contributed by atoms with Crippen LogP contribution < -0.4 is 14.8 Å². The summed E-state index contributed by atoms with van der Waals surface area (Å²) < 4.78 is 11.5. The largest absolute Gasteiger partial charge is 0.493 e. The van der Waals surface area contributed by atoms with Crippen LogP contribution in [-0.2, 0) is 11.4 Å². The topological polar surface area (TPSA) is 71.3 Å². The van der Waals surface area contributed by atoms with Crippen molar-refractivity contribution in [2.75, 3.05) is 11.9 Å². The third-order valence-electron chi connectivity index (χ3n) is 4.41. The van der Waals surface area contributed by atoms with Crippen LogP contribution in [0.15, 0.2) is 84.4 Å². The summed E-state index contributed by atoms with van der Waals surface area (Å²) in [6.45, 7) is 3.05. The predicted molar refractivity (Wildman–Crippen MR) is 122 cm³/mol. The minimum atomic E-state index is -0.481. The summed E-state index contributed by atoms with van der Waals surface area (Å²) in [6.07, 6.45) is 2.41. The standard InChI is InChI=1S/C26H24N2O3/c1-2-16-30-25-11-7-6-10-21(25)17-22(18-27)26(29)28-23-12-14-24(15-13-23)31-19-20-8-4-3-5-9-20/h3-15,17H,2,16,19H2,1H3,(H,28,29)/b22-17+. The average Bonchev–Trinajstić information content (AvgIpc) is 2.82. The molecule has 0 heterocycles. The van der Waals surface area contributed by atoms with Crippen molar-refractivity contribution in [2.45, 2.75) is 20.0 Å². The maximum atomic E-state index is 12.6. The summed E-state index contributed by atoms with van der Waals surface area (Å²) in [7, 11) is 0. The Morgan fingerprint density at radius 1 is 0.968 bits per heavy atom. The van der Waals surface area contributed by atoms with Gasteiger partial charge in [-0.2, -0.15) is 5.26 Å². The number of carbonyl (C=O) groups is 1. The number of benzene rings is 3. The molecule has 0 atom stereocenters. The lowest BCUT2D eigenvalue weighted by atomic mass is 10.1. The zero-order valence-corrected chi connectivity index (χ0v) is 17.4. The summed E-state index contributed by atoms with van der Waals surface area (Å²) >= 11 is 0. The SMILES string of the molecule is CCCOc1ccccc1/C=C(\C#N)C(=O)Nc1ccc(OCc2ccccc2)cc1. The quantitative estimate of drug-likeness (QED) is 0.367. The molecule has 0 aliphatic carbocycles. The van der Waals surface area contributed by atoms with E-state index in [1.54, 1.807) is 24.3 Å².